The third kappa shape index (κ3) is 5.71. The van der Waals surface area contributed by atoms with E-state index in [-0.39, 0.29) is 0 Å². The van der Waals surface area contributed by atoms with Gasteiger partial charge in [-0.1, -0.05) is 60.7 Å². The van der Waals surface area contributed by atoms with Crippen LogP contribution in [0, 0.1) is 0 Å². The number of aromatic nitrogens is 1. The Labute approximate surface area is 204 Å². The predicted molar refractivity (Wildman–Crippen MR) is 138 cm³/mol. The quantitative estimate of drug-likeness (QED) is 0.318. The van der Waals surface area contributed by atoms with Gasteiger partial charge in [-0.2, -0.15) is 0 Å². The molecule has 0 saturated carbocycles. The van der Waals surface area contributed by atoms with E-state index in [1.165, 1.54) is 0 Å². The van der Waals surface area contributed by atoms with E-state index in [0.717, 1.165) is 64.7 Å². The average molecular weight is 471 g/mol. The van der Waals surface area contributed by atoms with Crippen molar-refractivity contribution in [1.29, 1.82) is 0 Å². The lowest BCUT2D eigenvalue weighted by molar-refractivity contribution is 0.0684. The van der Waals surface area contributed by atoms with E-state index in [4.69, 9.17) is 26.4 Å². The molecule has 1 saturated heterocycles. The fraction of sp³-hybridized carbons (Fsp3) is 0.214. The van der Waals surface area contributed by atoms with Crippen LogP contribution in [0.1, 0.15) is 11.1 Å². The summed E-state index contributed by atoms with van der Waals surface area (Å²) in [6, 6.07) is 26.2. The van der Waals surface area contributed by atoms with Crippen LogP contribution < -0.4 is 9.47 Å². The molecule has 5 rings (SSSR count). The maximum Gasteiger partial charge on any atom is 0.219 e. The Bertz CT molecular complexity index is 1260. The molecule has 2 heterocycles. The second-order valence-corrected chi connectivity index (χ2v) is 8.69. The Hall–Kier alpha value is -3.48. The molecule has 172 valence electrons. The van der Waals surface area contributed by atoms with Crippen molar-refractivity contribution in [1.82, 2.24) is 9.88 Å². The topological polar surface area (TPSA) is 43.8 Å². The van der Waals surface area contributed by atoms with Crippen molar-refractivity contribution in [2.75, 3.05) is 26.3 Å². The largest absolute Gasteiger partial charge is 0.489 e. The van der Waals surface area contributed by atoms with Crippen molar-refractivity contribution >= 4 is 28.0 Å². The standard InChI is InChI=1S/C28H26N2O3S/c34-28(30-12-14-31-15-13-30)16-22-6-11-27(29-19-22)33-26-10-8-23-17-25(9-7-24(23)18-26)32-20-21-4-2-1-3-5-21/h1-11,17-19H,12-16,20H2. The van der Waals surface area contributed by atoms with Gasteiger partial charge in [0.25, 0.3) is 0 Å². The van der Waals surface area contributed by atoms with Crippen molar-refractivity contribution in [3.63, 3.8) is 0 Å². The van der Waals surface area contributed by atoms with Gasteiger partial charge < -0.3 is 19.1 Å². The zero-order valence-electron chi connectivity index (χ0n) is 18.9. The van der Waals surface area contributed by atoms with Crippen LogP contribution in [0.15, 0.2) is 85.1 Å². The minimum absolute atomic E-state index is 0.548. The molecule has 0 bridgehead atoms. The second kappa shape index (κ2) is 10.6. The van der Waals surface area contributed by atoms with E-state index in [1.807, 2.05) is 72.9 Å². The molecule has 0 spiro atoms. The van der Waals surface area contributed by atoms with Gasteiger partial charge in [0.15, 0.2) is 0 Å². The minimum atomic E-state index is 0.548. The van der Waals surface area contributed by atoms with E-state index < -0.39 is 0 Å². The predicted octanol–water partition coefficient (Wildman–Crippen LogP) is 5.81. The van der Waals surface area contributed by atoms with Gasteiger partial charge in [-0.05, 0) is 46.2 Å². The van der Waals surface area contributed by atoms with Crippen LogP contribution in [0.5, 0.6) is 17.4 Å². The zero-order valence-corrected chi connectivity index (χ0v) is 19.7. The molecule has 0 aliphatic carbocycles. The molecule has 0 unspecified atom stereocenters. The van der Waals surface area contributed by atoms with Crippen LogP contribution in [0.3, 0.4) is 0 Å². The molecular formula is C28H26N2O3S. The number of ether oxygens (including phenoxy) is 3. The minimum Gasteiger partial charge on any atom is -0.489 e. The average Bonchev–Trinajstić information content (AvgIpc) is 2.89. The molecule has 1 aliphatic heterocycles. The molecule has 1 aliphatic rings. The zero-order chi connectivity index (χ0) is 23.2. The Kier molecular flexibility index (Phi) is 6.98. The summed E-state index contributed by atoms with van der Waals surface area (Å²) in [6.07, 6.45) is 2.53. The number of benzene rings is 3. The van der Waals surface area contributed by atoms with Gasteiger partial charge in [0.05, 0.1) is 18.2 Å². The Morgan fingerprint density at radius 2 is 1.59 bits per heavy atom. The highest BCUT2D eigenvalue weighted by atomic mass is 32.1. The van der Waals surface area contributed by atoms with Crippen molar-refractivity contribution in [2.45, 2.75) is 13.0 Å². The van der Waals surface area contributed by atoms with Gasteiger partial charge in [-0.15, -0.1) is 0 Å². The third-order valence-corrected chi connectivity index (χ3v) is 6.17. The summed E-state index contributed by atoms with van der Waals surface area (Å²) in [6.45, 7) is 3.73. The summed E-state index contributed by atoms with van der Waals surface area (Å²) in [4.78, 5) is 7.61. The van der Waals surface area contributed by atoms with Crippen molar-refractivity contribution in [3.8, 4) is 17.4 Å². The van der Waals surface area contributed by atoms with Gasteiger partial charge in [0.1, 0.15) is 18.1 Å². The number of rotatable bonds is 7. The van der Waals surface area contributed by atoms with Gasteiger partial charge in [-0.3, -0.25) is 0 Å². The van der Waals surface area contributed by atoms with E-state index in [2.05, 4.69) is 22.0 Å². The maximum absolute atomic E-state index is 6.00. The summed E-state index contributed by atoms with van der Waals surface area (Å²) in [5.41, 5.74) is 2.22. The summed E-state index contributed by atoms with van der Waals surface area (Å²) in [7, 11) is 0. The normalized spacial score (nSPS) is 13.6. The molecule has 3 aromatic carbocycles. The molecule has 6 heteroatoms. The fourth-order valence-corrected chi connectivity index (χ4v) is 4.24. The Morgan fingerprint density at radius 1 is 0.853 bits per heavy atom. The van der Waals surface area contributed by atoms with Crippen molar-refractivity contribution in [3.05, 3.63) is 96.2 Å². The smallest absolute Gasteiger partial charge is 0.219 e. The monoisotopic (exact) mass is 470 g/mol. The number of thiocarbonyl (C=S) groups is 1. The highest BCUT2D eigenvalue weighted by Crippen LogP contribution is 2.28. The molecular weight excluding hydrogens is 444 g/mol. The van der Waals surface area contributed by atoms with Crippen molar-refractivity contribution in [2.24, 2.45) is 0 Å². The van der Waals surface area contributed by atoms with Crippen LogP contribution in [0.2, 0.25) is 0 Å². The molecule has 5 nitrogen and oxygen atoms in total. The van der Waals surface area contributed by atoms with E-state index in [1.54, 1.807) is 0 Å². The highest BCUT2D eigenvalue weighted by molar-refractivity contribution is 7.80. The van der Waals surface area contributed by atoms with E-state index >= 15 is 0 Å². The molecule has 0 N–H and O–H groups in total. The van der Waals surface area contributed by atoms with Gasteiger partial charge >= 0.3 is 0 Å². The molecule has 1 aromatic heterocycles. The lowest BCUT2D eigenvalue weighted by Crippen LogP contribution is -2.40. The van der Waals surface area contributed by atoms with E-state index in [9.17, 15) is 0 Å². The third-order valence-electron chi connectivity index (χ3n) is 5.77. The molecule has 0 atom stereocenters. The number of fused-ring (bicyclic) bond motifs is 1. The number of hydrogen-bond donors (Lipinski definition) is 0. The molecule has 34 heavy (non-hydrogen) atoms. The lowest BCUT2D eigenvalue weighted by Gasteiger charge is -2.29. The number of pyridine rings is 1. The Balaban J connectivity index is 1.20. The van der Waals surface area contributed by atoms with Gasteiger partial charge in [0.2, 0.25) is 5.88 Å². The fourth-order valence-electron chi connectivity index (χ4n) is 3.89. The number of nitrogens with zero attached hydrogens (tertiary/aromatic N) is 2. The summed E-state index contributed by atoms with van der Waals surface area (Å²) >= 11 is 5.59. The molecule has 0 radical (unpaired) electrons. The van der Waals surface area contributed by atoms with Crippen LogP contribution >= 0.6 is 12.2 Å². The molecule has 1 fully saturated rings. The highest BCUT2D eigenvalue weighted by Gasteiger charge is 2.14. The van der Waals surface area contributed by atoms with Gasteiger partial charge in [0, 0.05) is 31.8 Å². The second-order valence-electron chi connectivity index (χ2n) is 8.22. The SMILES string of the molecule is S=C(Cc1ccc(Oc2ccc3cc(OCc4ccccc4)ccc3c2)nc1)N1CCOCC1. The lowest BCUT2D eigenvalue weighted by atomic mass is 10.1. The first-order valence-electron chi connectivity index (χ1n) is 11.4. The number of morpholine rings is 1. The van der Waals surface area contributed by atoms with Gasteiger partial charge in [-0.25, -0.2) is 4.98 Å². The first-order valence-corrected chi connectivity index (χ1v) is 11.8. The Morgan fingerprint density at radius 3 is 2.32 bits per heavy atom. The summed E-state index contributed by atoms with van der Waals surface area (Å²) in [5, 5.41) is 2.18. The molecule has 4 aromatic rings. The maximum atomic E-state index is 6.00. The number of hydrogen-bond acceptors (Lipinski definition) is 5. The van der Waals surface area contributed by atoms with Crippen molar-refractivity contribution < 1.29 is 14.2 Å². The first-order chi connectivity index (χ1) is 16.7. The van der Waals surface area contributed by atoms with Crippen LogP contribution in [-0.2, 0) is 17.8 Å². The van der Waals surface area contributed by atoms with Crippen LogP contribution in [0.4, 0.5) is 0 Å². The van der Waals surface area contributed by atoms with E-state index in [0.29, 0.717) is 18.9 Å². The summed E-state index contributed by atoms with van der Waals surface area (Å²) in [5.74, 6) is 2.15. The first kappa shape index (κ1) is 22.3. The summed E-state index contributed by atoms with van der Waals surface area (Å²) < 4.78 is 17.3. The van der Waals surface area contributed by atoms with Crippen LogP contribution in [-0.4, -0.2) is 41.2 Å². The molecule has 0 amide bonds. The van der Waals surface area contributed by atoms with Crippen LogP contribution in [0.25, 0.3) is 10.8 Å².